The molecule has 0 aromatic heterocycles. The van der Waals surface area contributed by atoms with Gasteiger partial charge in [-0.05, 0) is 35.4 Å². The van der Waals surface area contributed by atoms with Gasteiger partial charge in [-0.3, -0.25) is 0 Å². The maximum Gasteiger partial charge on any atom is 0.337 e. The molecule has 1 aliphatic rings. The summed E-state index contributed by atoms with van der Waals surface area (Å²) in [5.41, 5.74) is 2.64. The van der Waals surface area contributed by atoms with Crippen molar-refractivity contribution in [3.8, 4) is 0 Å². The van der Waals surface area contributed by atoms with E-state index >= 15 is 0 Å². The third-order valence-corrected chi connectivity index (χ3v) is 6.32. The van der Waals surface area contributed by atoms with E-state index in [1.54, 1.807) is 0 Å². The number of methoxy groups -OCH3 is 1. The van der Waals surface area contributed by atoms with Crippen LogP contribution < -0.4 is 0 Å². The second-order valence-electron chi connectivity index (χ2n) is 6.21. The Kier molecular flexibility index (Phi) is 5.41. The molecule has 3 rings (SSSR count). The number of hydrogen-bond acceptors (Lipinski definition) is 5. The van der Waals surface area contributed by atoms with Gasteiger partial charge in [-0.1, -0.05) is 24.3 Å². The molecule has 6 nitrogen and oxygen atoms in total. The van der Waals surface area contributed by atoms with Crippen molar-refractivity contribution in [1.82, 2.24) is 4.31 Å². The summed E-state index contributed by atoms with van der Waals surface area (Å²) in [6.45, 7) is 0.748. The van der Waals surface area contributed by atoms with Crippen LogP contribution in [-0.2, 0) is 32.5 Å². The molecule has 7 heteroatoms. The maximum absolute atomic E-state index is 12.8. The minimum Gasteiger partial charge on any atom is -0.465 e. The molecule has 0 saturated heterocycles. The lowest BCUT2D eigenvalue weighted by atomic mass is 9.99. The van der Waals surface area contributed by atoms with Gasteiger partial charge in [-0.2, -0.15) is 4.31 Å². The second-order valence-corrected chi connectivity index (χ2v) is 8.25. The highest BCUT2D eigenvalue weighted by Gasteiger charge is 2.27. The summed E-state index contributed by atoms with van der Waals surface area (Å²) < 4.78 is 37.2. The Balaban J connectivity index is 1.71. The molecule has 1 unspecified atom stereocenters. The normalized spacial score (nSPS) is 17.0. The molecular weight excluding hydrogens is 354 g/mol. The summed E-state index contributed by atoms with van der Waals surface area (Å²) >= 11 is 0. The van der Waals surface area contributed by atoms with Gasteiger partial charge in [0.25, 0.3) is 0 Å². The summed E-state index contributed by atoms with van der Waals surface area (Å²) in [5, 5.41) is 0. The number of hydrogen-bond donors (Lipinski definition) is 0. The molecule has 0 aliphatic carbocycles. The van der Waals surface area contributed by atoms with Crippen LogP contribution in [0.1, 0.15) is 21.5 Å². The Morgan fingerprint density at radius 1 is 1.15 bits per heavy atom. The minimum absolute atomic E-state index is 0.129. The van der Waals surface area contributed by atoms with Gasteiger partial charge in [0.2, 0.25) is 10.0 Å². The molecule has 0 saturated carbocycles. The van der Waals surface area contributed by atoms with Crippen LogP contribution in [0, 0.1) is 0 Å². The fraction of sp³-hybridized carbons (Fsp3) is 0.316. The number of benzene rings is 2. The van der Waals surface area contributed by atoms with E-state index in [9.17, 15) is 13.2 Å². The first-order valence-electron chi connectivity index (χ1n) is 8.25. The zero-order chi connectivity index (χ0) is 18.7. The highest BCUT2D eigenvalue weighted by molar-refractivity contribution is 7.89. The van der Waals surface area contributed by atoms with Crippen LogP contribution in [0.4, 0.5) is 0 Å². The molecule has 2 aromatic carbocycles. The molecule has 0 N–H and O–H groups in total. The van der Waals surface area contributed by atoms with Crippen molar-refractivity contribution < 1.29 is 22.7 Å². The number of likely N-dealkylation sites (N-methyl/N-ethyl adjacent to an activating group) is 1. The van der Waals surface area contributed by atoms with Crippen molar-refractivity contribution in [3.05, 3.63) is 65.2 Å². The Morgan fingerprint density at radius 3 is 2.46 bits per heavy atom. The van der Waals surface area contributed by atoms with Gasteiger partial charge in [0.15, 0.2) is 0 Å². The van der Waals surface area contributed by atoms with E-state index in [-0.39, 0.29) is 17.5 Å². The van der Waals surface area contributed by atoms with Crippen LogP contribution in [0.15, 0.2) is 53.4 Å². The minimum atomic E-state index is -3.66. The number of esters is 1. The lowest BCUT2D eigenvalue weighted by molar-refractivity contribution is 0.0202. The molecule has 2 aromatic rings. The number of fused-ring (bicyclic) bond motifs is 1. The molecule has 1 heterocycles. The van der Waals surface area contributed by atoms with E-state index in [0.717, 1.165) is 5.56 Å². The molecule has 0 amide bonds. The third-order valence-electron chi connectivity index (χ3n) is 4.48. The highest BCUT2D eigenvalue weighted by Crippen LogP contribution is 2.22. The smallest absolute Gasteiger partial charge is 0.337 e. The topological polar surface area (TPSA) is 72.9 Å². The maximum atomic E-state index is 12.8. The standard InChI is InChI=1S/C19H21NO5S/c1-20(12-17-11-15-5-3-4-6-16(15)13-25-17)26(22,23)18-9-7-14(8-10-18)19(21)24-2/h3-10,17H,11-13H2,1-2H3. The number of sulfonamides is 1. The van der Waals surface area contributed by atoms with E-state index in [0.29, 0.717) is 18.6 Å². The number of carbonyl (C=O) groups excluding carboxylic acids is 1. The summed E-state index contributed by atoms with van der Waals surface area (Å²) in [6, 6.07) is 13.7. The van der Waals surface area contributed by atoms with Gasteiger partial charge in [0.1, 0.15) is 0 Å². The molecule has 0 bridgehead atoms. The number of nitrogens with zero attached hydrogens (tertiary/aromatic N) is 1. The molecule has 1 atom stereocenters. The quantitative estimate of drug-likeness (QED) is 0.750. The zero-order valence-corrected chi connectivity index (χ0v) is 15.5. The monoisotopic (exact) mass is 375 g/mol. The van der Waals surface area contributed by atoms with Crippen molar-refractivity contribution >= 4 is 16.0 Å². The molecule has 0 spiro atoms. The van der Waals surface area contributed by atoms with Crippen molar-refractivity contribution in [2.24, 2.45) is 0 Å². The van der Waals surface area contributed by atoms with Crippen molar-refractivity contribution in [3.63, 3.8) is 0 Å². The Labute approximate surface area is 153 Å². The van der Waals surface area contributed by atoms with Crippen LogP contribution in [0.25, 0.3) is 0 Å². The first kappa shape index (κ1) is 18.6. The number of rotatable bonds is 5. The molecule has 1 aliphatic heterocycles. The molecule has 26 heavy (non-hydrogen) atoms. The second kappa shape index (κ2) is 7.57. The average Bonchev–Trinajstić information content (AvgIpc) is 2.67. The number of ether oxygens (including phenoxy) is 2. The Hall–Kier alpha value is -2.22. The lowest BCUT2D eigenvalue weighted by Gasteiger charge is -2.28. The summed E-state index contributed by atoms with van der Waals surface area (Å²) in [7, 11) is -0.848. The molecule has 0 fully saturated rings. The summed E-state index contributed by atoms with van der Waals surface area (Å²) in [4.78, 5) is 11.6. The molecular formula is C19H21NO5S. The molecule has 138 valence electrons. The summed E-state index contributed by atoms with van der Waals surface area (Å²) in [6.07, 6.45) is 0.483. The zero-order valence-electron chi connectivity index (χ0n) is 14.7. The first-order valence-corrected chi connectivity index (χ1v) is 9.69. The van der Waals surface area contributed by atoms with Crippen molar-refractivity contribution in [1.29, 1.82) is 0 Å². The largest absolute Gasteiger partial charge is 0.465 e. The SMILES string of the molecule is COC(=O)c1ccc(S(=O)(=O)N(C)CC2Cc3ccccc3CO2)cc1. The van der Waals surface area contributed by atoms with Gasteiger partial charge in [0, 0.05) is 20.0 Å². The predicted octanol–water partition coefficient (Wildman–Crippen LogP) is 2.24. The van der Waals surface area contributed by atoms with Gasteiger partial charge in [-0.25, -0.2) is 13.2 Å². The Morgan fingerprint density at radius 2 is 1.81 bits per heavy atom. The van der Waals surface area contributed by atoms with Crippen LogP contribution in [0.5, 0.6) is 0 Å². The van der Waals surface area contributed by atoms with E-state index in [4.69, 9.17) is 4.74 Å². The van der Waals surface area contributed by atoms with Crippen LogP contribution in [-0.4, -0.2) is 45.5 Å². The first-order chi connectivity index (χ1) is 12.4. The van der Waals surface area contributed by atoms with Crippen LogP contribution >= 0.6 is 0 Å². The number of carbonyl (C=O) groups is 1. The highest BCUT2D eigenvalue weighted by atomic mass is 32.2. The molecule has 0 radical (unpaired) electrons. The van der Waals surface area contributed by atoms with Crippen LogP contribution in [0.2, 0.25) is 0 Å². The third kappa shape index (κ3) is 3.80. The van der Waals surface area contributed by atoms with Crippen LogP contribution in [0.3, 0.4) is 0 Å². The van der Waals surface area contributed by atoms with Gasteiger partial charge in [-0.15, -0.1) is 0 Å². The Bertz CT molecular complexity index is 892. The summed E-state index contributed by atoms with van der Waals surface area (Å²) in [5.74, 6) is -0.503. The predicted molar refractivity (Wildman–Crippen MR) is 96.3 cm³/mol. The van der Waals surface area contributed by atoms with E-state index in [1.165, 1.54) is 48.3 Å². The van der Waals surface area contributed by atoms with E-state index in [1.807, 2.05) is 24.3 Å². The average molecular weight is 375 g/mol. The fourth-order valence-corrected chi connectivity index (χ4v) is 4.17. The van der Waals surface area contributed by atoms with Gasteiger partial charge >= 0.3 is 5.97 Å². The van der Waals surface area contributed by atoms with E-state index < -0.39 is 16.0 Å². The van der Waals surface area contributed by atoms with Gasteiger partial charge in [0.05, 0.1) is 30.3 Å². The van der Waals surface area contributed by atoms with E-state index in [2.05, 4.69) is 4.74 Å². The van der Waals surface area contributed by atoms with Crippen molar-refractivity contribution in [2.45, 2.75) is 24.0 Å². The lowest BCUT2D eigenvalue weighted by Crippen LogP contribution is -2.38. The fourth-order valence-electron chi connectivity index (χ4n) is 2.97. The van der Waals surface area contributed by atoms with Gasteiger partial charge < -0.3 is 9.47 Å². The van der Waals surface area contributed by atoms with Crippen molar-refractivity contribution in [2.75, 3.05) is 20.7 Å².